The summed E-state index contributed by atoms with van der Waals surface area (Å²) < 4.78 is 22.9. The van der Waals surface area contributed by atoms with Gasteiger partial charge in [-0.2, -0.15) is 0 Å². The number of rotatable bonds is 5. The summed E-state index contributed by atoms with van der Waals surface area (Å²) in [7, 11) is -3.40. The molecule has 0 bridgehead atoms. The van der Waals surface area contributed by atoms with Gasteiger partial charge in [0.15, 0.2) is 9.84 Å². The molecule has 1 amide bonds. The number of amides is 1. The molecule has 1 aromatic rings. The van der Waals surface area contributed by atoms with E-state index in [1.165, 1.54) is 24.3 Å². The van der Waals surface area contributed by atoms with Crippen LogP contribution in [0.3, 0.4) is 0 Å². The summed E-state index contributed by atoms with van der Waals surface area (Å²) in [5.41, 5.74) is 0.139. The van der Waals surface area contributed by atoms with Crippen LogP contribution in [0.5, 0.6) is 0 Å². The molecule has 1 atom stereocenters. The fraction of sp³-hybridized carbons (Fsp3) is 0.385. The van der Waals surface area contributed by atoms with E-state index in [0.717, 1.165) is 19.1 Å². The van der Waals surface area contributed by atoms with Crippen LogP contribution in [0.1, 0.15) is 23.2 Å². The molecule has 0 saturated heterocycles. The van der Waals surface area contributed by atoms with Gasteiger partial charge in [-0.05, 0) is 37.0 Å². The highest BCUT2D eigenvalue weighted by molar-refractivity contribution is 7.90. The van der Waals surface area contributed by atoms with Gasteiger partial charge in [-0.25, -0.2) is 13.2 Å². The predicted molar refractivity (Wildman–Crippen MR) is 71.2 cm³/mol. The van der Waals surface area contributed by atoms with E-state index in [2.05, 4.69) is 5.32 Å². The van der Waals surface area contributed by atoms with E-state index in [0.29, 0.717) is 0 Å². The van der Waals surface area contributed by atoms with Gasteiger partial charge in [0.1, 0.15) is 6.04 Å². The first kappa shape index (κ1) is 14.5. The first-order valence-corrected chi connectivity index (χ1v) is 8.02. The maximum absolute atomic E-state index is 12.0. The third-order valence-corrected chi connectivity index (χ3v) is 4.28. The fourth-order valence-electron chi connectivity index (χ4n) is 1.90. The zero-order chi connectivity index (χ0) is 14.9. The number of hydrogen-bond acceptors (Lipinski definition) is 4. The Kier molecular flexibility index (Phi) is 3.80. The lowest BCUT2D eigenvalue weighted by atomic mass is 10.1. The van der Waals surface area contributed by atoms with Gasteiger partial charge in [0.2, 0.25) is 0 Å². The molecular weight excluding hydrogens is 282 g/mol. The van der Waals surface area contributed by atoms with Gasteiger partial charge in [0, 0.05) is 11.8 Å². The lowest BCUT2D eigenvalue weighted by Crippen LogP contribution is -2.42. The average molecular weight is 297 g/mol. The topological polar surface area (TPSA) is 101 Å². The summed E-state index contributed by atoms with van der Waals surface area (Å²) in [5, 5.41) is 11.5. The minimum absolute atomic E-state index is 0.0310. The molecule has 2 rings (SSSR count). The fourth-order valence-corrected chi connectivity index (χ4v) is 2.57. The molecule has 1 aliphatic rings. The van der Waals surface area contributed by atoms with Gasteiger partial charge in [-0.3, -0.25) is 4.79 Å². The highest BCUT2D eigenvalue weighted by atomic mass is 32.2. The Morgan fingerprint density at radius 1 is 1.35 bits per heavy atom. The molecule has 0 radical (unpaired) electrons. The number of carbonyl (C=O) groups is 2. The number of nitrogens with one attached hydrogen (secondary N) is 1. The quantitative estimate of drug-likeness (QED) is 0.832. The maximum Gasteiger partial charge on any atom is 0.326 e. The van der Waals surface area contributed by atoms with Crippen LogP contribution in [0, 0.1) is 5.92 Å². The van der Waals surface area contributed by atoms with Crippen LogP contribution in [-0.4, -0.2) is 37.7 Å². The van der Waals surface area contributed by atoms with Gasteiger partial charge in [-0.1, -0.05) is 6.07 Å². The van der Waals surface area contributed by atoms with Gasteiger partial charge in [-0.15, -0.1) is 0 Å². The normalized spacial score (nSPS) is 16.4. The molecule has 6 nitrogen and oxygen atoms in total. The average Bonchev–Trinajstić information content (AvgIpc) is 3.18. The lowest BCUT2D eigenvalue weighted by Gasteiger charge is -2.13. The van der Waals surface area contributed by atoms with E-state index >= 15 is 0 Å². The van der Waals surface area contributed by atoms with E-state index in [1.54, 1.807) is 0 Å². The van der Waals surface area contributed by atoms with Crippen molar-refractivity contribution in [2.45, 2.75) is 23.8 Å². The van der Waals surface area contributed by atoms with Crippen LogP contribution in [-0.2, 0) is 14.6 Å². The predicted octanol–water partition coefficient (Wildman–Crippen LogP) is 0.683. The lowest BCUT2D eigenvalue weighted by molar-refractivity contribution is -0.139. The van der Waals surface area contributed by atoms with E-state index in [4.69, 9.17) is 5.11 Å². The molecule has 7 heteroatoms. The number of hydrogen-bond donors (Lipinski definition) is 2. The first-order chi connectivity index (χ1) is 9.29. The van der Waals surface area contributed by atoms with Crippen molar-refractivity contribution in [3.05, 3.63) is 29.8 Å². The van der Waals surface area contributed by atoms with Crippen molar-refractivity contribution in [2.75, 3.05) is 6.26 Å². The molecular formula is C13H15NO5S. The van der Waals surface area contributed by atoms with Crippen molar-refractivity contribution in [1.29, 1.82) is 0 Å². The Morgan fingerprint density at radius 2 is 2.00 bits per heavy atom. The third kappa shape index (κ3) is 3.36. The largest absolute Gasteiger partial charge is 0.480 e. The van der Waals surface area contributed by atoms with Crippen molar-refractivity contribution in [1.82, 2.24) is 5.32 Å². The molecule has 1 unspecified atom stereocenters. The molecule has 1 fully saturated rings. The van der Waals surface area contributed by atoms with E-state index in [-0.39, 0.29) is 16.4 Å². The zero-order valence-corrected chi connectivity index (χ0v) is 11.7. The SMILES string of the molecule is CS(=O)(=O)c1cccc(C(=O)NC(C(=O)O)C2CC2)c1. The van der Waals surface area contributed by atoms with Crippen LogP contribution in [0.4, 0.5) is 0 Å². The van der Waals surface area contributed by atoms with Crippen molar-refractivity contribution in [2.24, 2.45) is 5.92 Å². The van der Waals surface area contributed by atoms with Crippen LogP contribution in [0.15, 0.2) is 29.2 Å². The standard InChI is InChI=1S/C13H15NO5S/c1-20(18,19)10-4-2-3-9(7-10)12(15)14-11(13(16)17)8-5-6-8/h2-4,7-8,11H,5-6H2,1H3,(H,14,15)(H,16,17). The second kappa shape index (κ2) is 5.24. The summed E-state index contributed by atoms with van der Waals surface area (Å²) in [5.74, 6) is -1.68. The Labute approximate surface area is 116 Å². The highest BCUT2D eigenvalue weighted by Crippen LogP contribution is 2.32. The molecule has 0 aromatic heterocycles. The highest BCUT2D eigenvalue weighted by Gasteiger charge is 2.37. The summed E-state index contributed by atoms with van der Waals surface area (Å²) in [6, 6.07) is 4.64. The summed E-state index contributed by atoms with van der Waals surface area (Å²) >= 11 is 0. The zero-order valence-electron chi connectivity index (χ0n) is 10.9. The Morgan fingerprint density at radius 3 is 2.50 bits per heavy atom. The van der Waals surface area contributed by atoms with E-state index in [9.17, 15) is 18.0 Å². The van der Waals surface area contributed by atoms with Crippen LogP contribution in [0.25, 0.3) is 0 Å². The van der Waals surface area contributed by atoms with Gasteiger partial charge < -0.3 is 10.4 Å². The Hall–Kier alpha value is -1.89. The van der Waals surface area contributed by atoms with Crippen molar-refractivity contribution in [3.8, 4) is 0 Å². The number of aliphatic carboxylic acids is 1. The van der Waals surface area contributed by atoms with Crippen molar-refractivity contribution >= 4 is 21.7 Å². The minimum Gasteiger partial charge on any atom is -0.480 e. The molecule has 2 N–H and O–H groups in total. The van der Waals surface area contributed by atoms with E-state index < -0.39 is 27.8 Å². The molecule has 0 spiro atoms. The third-order valence-electron chi connectivity index (χ3n) is 3.17. The maximum atomic E-state index is 12.0. The molecule has 0 aliphatic heterocycles. The number of benzene rings is 1. The Bertz CT molecular complexity index is 648. The number of carbonyl (C=O) groups excluding carboxylic acids is 1. The summed E-state index contributed by atoms with van der Waals surface area (Å²) in [6.45, 7) is 0. The monoisotopic (exact) mass is 297 g/mol. The second-order valence-electron chi connectivity index (χ2n) is 4.93. The summed E-state index contributed by atoms with van der Waals surface area (Å²) in [4.78, 5) is 23.1. The molecule has 0 heterocycles. The smallest absolute Gasteiger partial charge is 0.326 e. The van der Waals surface area contributed by atoms with Crippen LogP contribution < -0.4 is 5.32 Å². The molecule has 1 aromatic carbocycles. The molecule has 20 heavy (non-hydrogen) atoms. The molecule has 1 aliphatic carbocycles. The molecule has 108 valence electrons. The second-order valence-corrected chi connectivity index (χ2v) is 6.94. The van der Waals surface area contributed by atoms with Crippen molar-refractivity contribution in [3.63, 3.8) is 0 Å². The van der Waals surface area contributed by atoms with Crippen LogP contribution >= 0.6 is 0 Å². The van der Waals surface area contributed by atoms with Gasteiger partial charge in [0.25, 0.3) is 5.91 Å². The van der Waals surface area contributed by atoms with Gasteiger partial charge in [0.05, 0.1) is 4.90 Å². The Balaban J connectivity index is 2.19. The summed E-state index contributed by atoms with van der Waals surface area (Å²) in [6.07, 6.45) is 2.61. The number of carboxylic acids is 1. The number of sulfone groups is 1. The van der Waals surface area contributed by atoms with Gasteiger partial charge >= 0.3 is 5.97 Å². The molecule has 1 saturated carbocycles. The van der Waals surface area contributed by atoms with Crippen molar-refractivity contribution < 1.29 is 23.1 Å². The van der Waals surface area contributed by atoms with E-state index in [1.807, 2.05) is 0 Å². The number of carboxylic acid groups (broad SMARTS) is 1. The van der Waals surface area contributed by atoms with Crippen LogP contribution in [0.2, 0.25) is 0 Å². The first-order valence-electron chi connectivity index (χ1n) is 6.13. The minimum atomic E-state index is -3.40.